The van der Waals surface area contributed by atoms with Crippen LogP contribution in [-0.2, 0) is 4.79 Å². The molecule has 19 heavy (non-hydrogen) atoms. The highest BCUT2D eigenvalue weighted by Crippen LogP contribution is 2.18. The van der Waals surface area contributed by atoms with E-state index in [0.29, 0.717) is 11.1 Å². The van der Waals surface area contributed by atoms with Crippen LogP contribution in [0.15, 0.2) is 24.3 Å². The van der Waals surface area contributed by atoms with Crippen molar-refractivity contribution in [2.45, 2.75) is 51.1 Å². The van der Waals surface area contributed by atoms with Crippen LogP contribution in [0.25, 0.3) is 0 Å². The number of hydrogen-bond acceptors (Lipinski definition) is 2. The van der Waals surface area contributed by atoms with E-state index in [4.69, 9.17) is 11.6 Å². The summed E-state index contributed by atoms with van der Waals surface area (Å²) < 4.78 is 0. The van der Waals surface area contributed by atoms with Crippen LogP contribution in [-0.4, -0.2) is 18.0 Å². The van der Waals surface area contributed by atoms with Gasteiger partial charge in [-0.3, -0.25) is 4.79 Å². The van der Waals surface area contributed by atoms with Crippen molar-refractivity contribution in [3.05, 3.63) is 29.3 Å². The van der Waals surface area contributed by atoms with Gasteiger partial charge in [0.15, 0.2) is 0 Å². The van der Waals surface area contributed by atoms with E-state index in [0.717, 1.165) is 5.69 Å². The zero-order valence-corrected chi connectivity index (χ0v) is 12.0. The van der Waals surface area contributed by atoms with Crippen LogP contribution in [0.5, 0.6) is 0 Å². The van der Waals surface area contributed by atoms with E-state index in [9.17, 15) is 4.79 Å². The van der Waals surface area contributed by atoms with Gasteiger partial charge in [-0.05, 0) is 38.0 Å². The van der Waals surface area contributed by atoms with Crippen molar-refractivity contribution in [1.82, 2.24) is 5.32 Å². The quantitative estimate of drug-likeness (QED) is 0.885. The summed E-state index contributed by atoms with van der Waals surface area (Å²) in [6, 6.07) is 7.53. The summed E-state index contributed by atoms with van der Waals surface area (Å²) in [5.41, 5.74) is 0.745. The highest BCUT2D eigenvalue weighted by Gasteiger charge is 2.19. The summed E-state index contributed by atoms with van der Waals surface area (Å²) in [5, 5.41) is 6.92. The second-order valence-electron chi connectivity index (χ2n) is 5.22. The summed E-state index contributed by atoms with van der Waals surface area (Å²) in [7, 11) is 0. The van der Waals surface area contributed by atoms with Crippen LogP contribution in [0, 0.1) is 0 Å². The number of halogens is 1. The molecule has 1 aliphatic carbocycles. The standard InChI is InChI=1S/C15H21ClN2O/c1-11(17-13-7-3-2-4-8-13)15(19)18-14-9-5-6-12(16)10-14/h5-6,9-11,13,17H,2-4,7-8H2,1H3,(H,18,19)/t11-/m0/s1. The Balaban J connectivity index is 1.84. The van der Waals surface area contributed by atoms with Crippen LogP contribution in [0.3, 0.4) is 0 Å². The Labute approximate surface area is 119 Å². The van der Waals surface area contributed by atoms with Crippen molar-refractivity contribution in [3.63, 3.8) is 0 Å². The molecule has 0 saturated heterocycles. The molecule has 0 bridgehead atoms. The summed E-state index contributed by atoms with van der Waals surface area (Å²) in [6.07, 6.45) is 6.20. The van der Waals surface area contributed by atoms with Gasteiger partial charge in [-0.2, -0.15) is 0 Å². The Morgan fingerprint density at radius 2 is 2.05 bits per heavy atom. The summed E-state index contributed by atoms with van der Waals surface area (Å²) in [4.78, 5) is 12.1. The first-order chi connectivity index (χ1) is 9.15. The zero-order valence-electron chi connectivity index (χ0n) is 11.3. The Morgan fingerprint density at radius 3 is 2.74 bits per heavy atom. The van der Waals surface area contributed by atoms with Gasteiger partial charge in [-0.15, -0.1) is 0 Å². The van der Waals surface area contributed by atoms with Gasteiger partial charge in [0, 0.05) is 16.8 Å². The average Bonchev–Trinajstić information content (AvgIpc) is 2.40. The number of amides is 1. The van der Waals surface area contributed by atoms with Gasteiger partial charge >= 0.3 is 0 Å². The van der Waals surface area contributed by atoms with Gasteiger partial charge in [-0.25, -0.2) is 0 Å². The van der Waals surface area contributed by atoms with E-state index in [2.05, 4.69) is 10.6 Å². The largest absolute Gasteiger partial charge is 0.325 e. The normalized spacial score (nSPS) is 18.0. The number of anilines is 1. The van der Waals surface area contributed by atoms with E-state index >= 15 is 0 Å². The lowest BCUT2D eigenvalue weighted by atomic mass is 9.95. The number of carbonyl (C=O) groups excluding carboxylic acids is 1. The minimum absolute atomic E-state index is 0.00663. The van der Waals surface area contributed by atoms with Gasteiger partial charge in [0.05, 0.1) is 6.04 Å². The number of rotatable bonds is 4. The smallest absolute Gasteiger partial charge is 0.241 e. The van der Waals surface area contributed by atoms with E-state index in [-0.39, 0.29) is 11.9 Å². The molecule has 1 amide bonds. The summed E-state index contributed by atoms with van der Waals surface area (Å²) >= 11 is 5.90. The van der Waals surface area contributed by atoms with Gasteiger partial charge in [0.25, 0.3) is 0 Å². The van der Waals surface area contributed by atoms with Crippen LogP contribution in [0.1, 0.15) is 39.0 Å². The second-order valence-corrected chi connectivity index (χ2v) is 5.66. The van der Waals surface area contributed by atoms with Crippen molar-refractivity contribution in [2.24, 2.45) is 0 Å². The Bertz CT molecular complexity index is 430. The van der Waals surface area contributed by atoms with E-state index in [1.807, 2.05) is 19.1 Å². The predicted octanol–water partition coefficient (Wildman–Crippen LogP) is 3.59. The molecule has 1 atom stereocenters. The summed E-state index contributed by atoms with van der Waals surface area (Å²) in [6.45, 7) is 1.91. The molecule has 0 heterocycles. The maximum absolute atomic E-state index is 12.1. The first kappa shape index (κ1) is 14.4. The van der Waals surface area contributed by atoms with Crippen molar-refractivity contribution < 1.29 is 4.79 Å². The molecule has 0 aliphatic heterocycles. The molecule has 4 heteroatoms. The highest BCUT2D eigenvalue weighted by molar-refractivity contribution is 6.30. The molecule has 1 aromatic carbocycles. The second kappa shape index (κ2) is 6.92. The fourth-order valence-electron chi connectivity index (χ4n) is 2.52. The average molecular weight is 281 g/mol. The molecule has 1 saturated carbocycles. The van der Waals surface area contributed by atoms with Crippen LogP contribution < -0.4 is 10.6 Å². The van der Waals surface area contributed by atoms with Crippen molar-refractivity contribution in [1.29, 1.82) is 0 Å². The monoisotopic (exact) mass is 280 g/mol. The molecule has 1 aromatic rings. The lowest BCUT2D eigenvalue weighted by Crippen LogP contribution is -2.44. The number of nitrogens with one attached hydrogen (secondary N) is 2. The predicted molar refractivity (Wildman–Crippen MR) is 79.6 cm³/mol. The number of benzene rings is 1. The van der Waals surface area contributed by atoms with E-state index in [1.54, 1.807) is 12.1 Å². The summed E-state index contributed by atoms with van der Waals surface area (Å²) in [5.74, 6) is -0.00663. The molecule has 0 aromatic heterocycles. The highest BCUT2D eigenvalue weighted by atomic mass is 35.5. The van der Waals surface area contributed by atoms with Crippen LogP contribution >= 0.6 is 11.6 Å². The molecule has 0 radical (unpaired) electrons. The third-order valence-corrected chi connectivity index (χ3v) is 3.81. The number of hydrogen-bond donors (Lipinski definition) is 2. The molecular weight excluding hydrogens is 260 g/mol. The van der Waals surface area contributed by atoms with Gasteiger partial charge in [-0.1, -0.05) is 36.9 Å². The molecule has 0 spiro atoms. The molecule has 104 valence electrons. The molecule has 2 N–H and O–H groups in total. The molecule has 0 unspecified atom stereocenters. The van der Waals surface area contributed by atoms with Gasteiger partial charge in [0.1, 0.15) is 0 Å². The Hall–Kier alpha value is -1.06. The minimum atomic E-state index is -0.179. The number of carbonyl (C=O) groups is 1. The minimum Gasteiger partial charge on any atom is -0.325 e. The first-order valence-corrected chi connectivity index (χ1v) is 7.35. The molecule has 2 rings (SSSR count). The molecule has 3 nitrogen and oxygen atoms in total. The first-order valence-electron chi connectivity index (χ1n) is 6.97. The van der Waals surface area contributed by atoms with Crippen molar-refractivity contribution in [2.75, 3.05) is 5.32 Å². The van der Waals surface area contributed by atoms with Crippen molar-refractivity contribution >= 4 is 23.2 Å². The Morgan fingerprint density at radius 1 is 1.32 bits per heavy atom. The zero-order chi connectivity index (χ0) is 13.7. The Kier molecular flexibility index (Phi) is 5.23. The fourth-order valence-corrected chi connectivity index (χ4v) is 2.71. The molecule has 1 aliphatic rings. The lowest BCUT2D eigenvalue weighted by Gasteiger charge is -2.26. The van der Waals surface area contributed by atoms with Gasteiger partial charge < -0.3 is 10.6 Å². The molecular formula is C15H21ClN2O. The maximum Gasteiger partial charge on any atom is 0.241 e. The SMILES string of the molecule is C[C@H](NC1CCCCC1)C(=O)Nc1cccc(Cl)c1. The third kappa shape index (κ3) is 4.51. The van der Waals surface area contributed by atoms with E-state index < -0.39 is 0 Å². The van der Waals surface area contributed by atoms with Crippen LogP contribution in [0.2, 0.25) is 5.02 Å². The lowest BCUT2D eigenvalue weighted by molar-refractivity contribution is -0.118. The third-order valence-electron chi connectivity index (χ3n) is 3.58. The topological polar surface area (TPSA) is 41.1 Å². The van der Waals surface area contributed by atoms with Crippen molar-refractivity contribution in [3.8, 4) is 0 Å². The van der Waals surface area contributed by atoms with E-state index in [1.165, 1.54) is 32.1 Å². The van der Waals surface area contributed by atoms with Crippen LogP contribution in [0.4, 0.5) is 5.69 Å². The fraction of sp³-hybridized carbons (Fsp3) is 0.533. The molecule has 1 fully saturated rings. The maximum atomic E-state index is 12.1. The van der Waals surface area contributed by atoms with Gasteiger partial charge in [0.2, 0.25) is 5.91 Å².